The average Bonchev–Trinajstić information content (AvgIpc) is 3.81. The van der Waals surface area contributed by atoms with Gasteiger partial charge in [-0.25, -0.2) is 9.78 Å². The fourth-order valence-corrected chi connectivity index (χ4v) is 5.55. The summed E-state index contributed by atoms with van der Waals surface area (Å²) in [6.45, 7) is 11.0. The van der Waals surface area contributed by atoms with E-state index in [0.717, 1.165) is 5.56 Å². The lowest BCUT2D eigenvalue weighted by molar-refractivity contribution is -0.133. The molecule has 0 radical (unpaired) electrons. The number of carbonyl (C=O) groups excluding carboxylic acids is 5. The highest BCUT2D eigenvalue weighted by Gasteiger charge is 2.50. The smallest absolute Gasteiger partial charge is 0.318 e. The number of nitrogens with zero attached hydrogens (tertiary/aromatic N) is 4. The van der Waals surface area contributed by atoms with Crippen molar-refractivity contribution >= 4 is 29.5 Å². The Bertz CT molecular complexity index is 1390. The van der Waals surface area contributed by atoms with Crippen LogP contribution in [-0.2, 0) is 25.5 Å². The van der Waals surface area contributed by atoms with Crippen LogP contribution in [0, 0.1) is 11.8 Å². The molecule has 13 nitrogen and oxygen atoms in total. The number of hydrogen-bond acceptors (Lipinski definition) is 8. The number of Topliss-reactive ketones (excluding diaryl/α,β-unsaturated/α-hetero) is 1. The number of piperazine rings is 1. The lowest BCUT2D eigenvalue weighted by Gasteiger charge is -2.35. The minimum Gasteiger partial charge on any atom is -0.361 e. The molecule has 2 fully saturated rings. The van der Waals surface area contributed by atoms with Crippen molar-refractivity contribution in [3.8, 4) is 0 Å². The number of nitrogens with one attached hydrogen (secondary N) is 3. The van der Waals surface area contributed by atoms with Crippen LogP contribution in [0.25, 0.3) is 0 Å². The van der Waals surface area contributed by atoms with Gasteiger partial charge in [0.1, 0.15) is 23.4 Å². The maximum atomic E-state index is 13.9. The van der Waals surface area contributed by atoms with Gasteiger partial charge >= 0.3 is 6.03 Å². The molecule has 254 valence electrons. The van der Waals surface area contributed by atoms with Gasteiger partial charge < -0.3 is 30.5 Å². The first kappa shape index (κ1) is 35.5. The third-order valence-electron chi connectivity index (χ3n) is 8.31. The predicted octanol–water partition coefficient (Wildman–Crippen LogP) is 1.98. The number of carbonyl (C=O) groups is 5. The fourth-order valence-electron chi connectivity index (χ4n) is 5.55. The Morgan fingerprint density at radius 2 is 1.38 bits per heavy atom. The van der Waals surface area contributed by atoms with Crippen LogP contribution in [0.3, 0.4) is 0 Å². The van der Waals surface area contributed by atoms with Gasteiger partial charge in [-0.1, -0.05) is 58.0 Å². The molecule has 3 heterocycles. The second-order valence-corrected chi connectivity index (χ2v) is 13.3. The number of ketones is 1. The lowest BCUT2D eigenvalue weighted by atomic mass is 9.92. The van der Waals surface area contributed by atoms with Crippen LogP contribution in [0.15, 0.2) is 48.9 Å². The zero-order valence-corrected chi connectivity index (χ0v) is 27.9. The first-order valence-corrected chi connectivity index (χ1v) is 16.3. The molecule has 1 aromatic carbocycles. The van der Waals surface area contributed by atoms with Crippen LogP contribution in [0.4, 0.5) is 4.79 Å². The van der Waals surface area contributed by atoms with E-state index in [-0.39, 0.29) is 48.7 Å². The number of ether oxygens (including phenoxy) is 1. The largest absolute Gasteiger partial charge is 0.361 e. The number of epoxide rings is 1. The summed E-state index contributed by atoms with van der Waals surface area (Å²) in [6.07, 6.45) is 5.33. The summed E-state index contributed by atoms with van der Waals surface area (Å²) in [5, 5.41) is 8.64. The number of urea groups is 1. The highest BCUT2D eigenvalue weighted by Crippen LogP contribution is 2.29. The fraction of sp³-hybridized carbons (Fsp3) is 0.559. The van der Waals surface area contributed by atoms with Gasteiger partial charge in [-0.05, 0) is 37.2 Å². The minimum absolute atomic E-state index is 0.0534. The Morgan fingerprint density at radius 1 is 0.809 bits per heavy atom. The molecule has 2 saturated heterocycles. The van der Waals surface area contributed by atoms with E-state index in [1.54, 1.807) is 16.7 Å². The van der Waals surface area contributed by atoms with Gasteiger partial charge in [0.15, 0.2) is 5.78 Å². The molecular weight excluding hydrogens is 602 g/mol. The van der Waals surface area contributed by atoms with Gasteiger partial charge in [0, 0.05) is 45.0 Å². The summed E-state index contributed by atoms with van der Waals surface area (Å²) in [6, 6.07) is 6.19. The van der Waals surface area contributed by atoms with Crippen molar-refractivity contribution in [3.05, 3.63) is 60.2 Å². The van der Waals surface area contributed by atoms with E-state index in [0.29, 0.717) is 32.5 Å². The van der Waals surface area contributed by atoms with Crippen LogP contribution >= 0.6 is 0 Å². The Labute approximate surface area is 276 Å². The number of aromatic nitrogens is 2. The van der Waals surface area contributed by atoms with Crippen molar-refractivity contribution in [2.45, 2.75) is 77.6 Å². The quantitative estimate of drug-likeness (QED) is 0.261. The minimum atomic E-state index is -0.988. The zero-order chi connectivity index (χ0) is 34.1. The molecule has 2 aliphatic heterocycles. The van der Waals surface area contributed by atoms with E-state index in [1.165, 1.54) is 18.6 Å². The Hall–Kier alpha value is -4.39. The maximum Gasteiger partial charge on any atom is 0.318 e. The average molecular weight is 650 g/mol. The Morgan fingerprint density at radius 3 is 1.96 bits per heavy atom. The van der Waals surface area contributed by atoms with Crippen molar-refractivity contribution in [2.24, 2.45) is 11.8 Å². The molecule has 1 aromatic heterocycles. The van der Waals surface area contributed by atoms with Gasteiger partial charge in [-0.2, -0.15) is 0 Å². The van der Waals surface area contributed by atoms with E-state index in [2.05, 4.69) is 25.9 Å². The van der Waals surface area contributed by atoms with Crippen molar-refractivity contribution < 1.29 is 28.7 Å². The van der Waals surface area contributed by atoms with Gasteiger partial charge in [0.2, 0.25) is 11.8 Å². The number of hydrogen-bond donors (Lipinski definition) is 3. The third-order valence-corrected chi connectivity index (χ3v) is 8.31. The monoisotopic (exact) mass is 649 g/mol. The highest BCUT2D eigenvalue weighted by molar-refractivity contribution is 5.98. The van der Waals surface area contributed by atoms with Crippen LogP contribution in [0.1, 0.15) is 63.5 Å². The molecule has 5 amide bonds. The summed E-state index contributed by atoms with van der Waals surface area (Å²) < 4.78 is 5.36. The standard InChI is InChI=1S/C34H47N7O6/c1-22(2)17-25(29(42)34(5)21-47-34)37-30(43)26(18-23(3)4)38-31(44)27(19-24-9-7-6-8-10-24)39-33(46)41-15-13-40(14-16-41)32(45)28-20-35-11-12-36-28/h6-12,20,22-23,25-27H,13-19,21H2,1-5H3,(H,37,43)(H,38,44)(H,39,46). The third kappa shape index (κ3) is 10.0. The summed E-state index contributed by atoms with van der Waals surface area (Å²) >= 11 is 0. The van der Waals surface area contributed by atoms with Crippen LogP contribution in [0.2, 0.25) is 0 Å². The van der Waals surface area contributed by atoms with E-state index >= 15 is 0 Å². The summed E-state index contributed by atoms with van der Waals surface area (Å²) in [7, 11) is 0. The van der Waals surface area contributed by atoms with E-state index in [4.69, 9.17) is 4.74 Å². The molecule has 0 spiro atoms. The van der Waals surface area contributed by atoms with E-state index in [9.17, 15) is 24.0 Å². The predicted molar refractivity (Wildman–Crippen MR) is 174 cm³/mol. The number of amides is 5. The maximum absolute atomic E-state index is 13.9. The molecule has 4 rings (SSSR count). The second-order valence-electron chi connectivity index (χ2n) is 13.3. The van der Waals surface area contributed by atoms with Crippen molar-refractivity contribution in [1.29, 1.82) is 0 Å². The molecule has 2 aromatic rings. The summed E-state index contributed by atoms with van der Waals surface area (Å²) in [5.74, 6) is -1.21. The molecule has 47 heavy (non-hydrogen) atoms. The van der Waals surface area contributed by atoms with Gasteiger partial charge in [0.05, 0.1) is 18.8 Å². The van der Waals surface area contributed by atoms with Gasteiger partial charge in [0.25, 0.3) is 5.91 Å². The molecule has 0 bridgehead atoms. The van der Waals surface area contributed by atoms with Crippen LogP contribution in [0.5, 0.6) is 0 Å². The molecule has 2 aliphatic rings. The lowest BCUT2D eigenvalue weighted by Crippen LogP contribution is -2.59. The van der Waals surface area contributed by atoms with E-state index in [1.807, 2.05) is 58.0 Å². The molecule has 0 aliphatic carbocycles. The number of rotatable bonds is 14. The number of benzene rings is 1. The molecule has 13 heteroatoms. The van der Waals surface area contributed by atoms with E-state index < -0.39 is 41.6 Å². The molecular formula is C34H47N7O6. The van der Waals surface area contributed by atoms with Crippen molar-refractivity contribution in [2.75, 3.05) is 32.8 Å². The second kappa shape index (κ2) is 15.9. The first-order chi connectivity index (χ1) is 22.4. The molecule has 4 unspecified atom stereocenters. The summed E-state index contributed by atoms with van der Waals surface area (Å²) in [4.78, 5) is 78.1. The highest BCUT2D eigenvalue weighted by atomic mass is 16.6. The Balaban J connectivity index is 1.44. The molecule has 3 N–H and O–H groups in total. The van der Waals surface area contributed by atoms with Gasteiger partial charge in [-0.3, -0.25) is 24.2 Å². The molecule has 0 saturated carbocycles. The normalized spacial score (nSPS) is 19.5. The Kier molecular flexibility index (Phi) is 12.0. The topological polar surface area (TPSA) is 166 Å². The SMILES string of the molecule is CC(C)CC(NC(=O)C(Cc1ccccc1)NC(=O)N1CCN(C(=O)c2cnccn2)CC1)C(=O)NC(CC(C)C)C(=O)C1(C)CO1. The zero-order valence-electron chi connectivity index (χ0n) is 27.9. The molecule has 4 atom stereocenters. The van der Waals surface area contributed by atoms with Crippen LogP contribution in [-0.4, -0.2) is 106 Å². The van der Waals surface area contributed by atoms with Crippen LogP contribution < -0.4 is 16.0 Å². The van der Waals surface area contributed by atoms with Crippen molar-refractivity contribution in [3.63, 3.8) is 0 Å². The van der Waals surface area contributed by atoms with Gasteiger partial charge in [-0.15, -0.1) is 0 Å². The first-order valence-electron chi connectivity index (χ1n) is 16.3. The van der Waals surface area contributed by atoms with Crippen molar-refractivity contribution in [1.82, 2.24) is 35.7 Å². The summed E-state index contributed by atoms with van der Waals surface area (Å²) in [5.41, 5.74) is 0.167.